The van der Waals surface area contributed by atoms with Crippen LogP contribution in [0.25, 0.3) is 11.4 Å². The lowest BCUT2D eigenvalue weighted by Gasteiger charge is -2.08. The Bertz CT molecular complexity index is 907. The van der Waals surface area contributed by atoms with E-state index in [1.54, 1.807) is 0 Å². The number of rotatable bonds is 6. The predicted molar refractivity (Wildman–Crippen MR) is 88.5 cm³/mol. The normalized spacial score (nSPS) is 10.5. The summed E-state index contributed by atoms with van der Waals surface area (Å²) in [6.07, 6.45) is 0. The Morgan fingerprint density at radius 1 is 1.20 bits per heavy atom. The molecular formula is C17H15N3O5. The topological polar surface area (TPSA) is 101 Å². The third-order valence-electron chi connectivity index (χ3n) is 3.56. The fourth-order valence-corrected chi connectivity index (χ4v) is 2.28. The van der Waals surface area contributed by atoms with Gasteiger partial charge >= 0.3 is 0 Å². The first kappa shape index (κ1) is 16.4. The summed E-state index contributed by atoms with van der Waals surface area (Å²) in [7, 11) is 1.46. The molecule has 2 aromatic carbocycles. The lowest BCUT2D eigenvalue weighted by molar-refractivity contribution is -0.385. The molecule has 25 heavy (non-hydrogen) atoms. The van der Waals surface area contributed by atoms with Crippen molar-refractivity contribution in [2.45, 2.75) is 13.5 Å². The molecule has 0 saturated carbocycles. The summed E-state index contributed by atoms with van der Waals surface area (Å²) in [6, 6.07) is 11.8. The number of hydrogen-bond acceptors (Lipinski definition) is 7. The van der Waals surface area contributed by atoms with E-state index in [-0.39, 0.29) is 23.9 Å². The van der Waals surface area contributed by atoms with Crippen molar-refractivity contribution in [2.24, 2.45) is 0 Å². The highest BCUT2D eigenvalue weighted by Gasteiger charge is 2.15. The van der Waals surface area contributed by atoms with Crippen molar-refractivity contribution < 1.29 is 18.9 Å². The Balaban J connectivity index is 1.78. The van der Waals surface area contributed by atoms with Gasteiger partial charge in [0.05, 0.1) is 18.1 Å². The van der Waals surface area contributed by atoms with Crippen LogP contribution in [0.2, 0.25) is 0 Å². The fraction of sp³-hybridized carbons (Fsp3) is 0.176. The maximum Gasteiger partial charge on any atom is 0.273 e. The van der Waals surface area contributed by atoms with Crippen LogP contribution in [0.15, 0.2) is 47.0 Å². The van der Waals surface area contributed by atoms with E-state index < -0.39 is 4.92 Å². The van der Waals surface area contributed by atoms with E-state index in [9.17, 15) is 10.1 Å². The molecule has 3 rings (SSSR count). The van der Waals surface area contributed by atoms with E-state index in [0.717, 1.165) is 11.1 Å². The quantitative estimate of drug-likeness (QED) is 0.499. The molecule has 0 bridgehead atoms. The number of nitro groups is 1. The summed E-state index contributed by atoms with van der Waals surface area (Å²) < 4.78 is 15.9. The van der Waals surface area contributed by atoms with Gasteiger partial charge < -0.3 is 14.0 Å². The molecule has 3 aromatic rings. The van der Waals surface area contributed by atoms with Crippen LogP contribution in [0, 0.1) is 17.0 Å². The number of hydrogen-bond donors (Lipinski definition) is 0. The van der Waals surface area contributed by atoms with E-state index in [1.807, 2.05) is 31.2 Å². The summed E-state index contributed by atoms with van der Waals surface area (Å²) in [4.78, 5) is 14.7. The van der Waals surface area contributed by atoms with Gasteiger partial charge in [-0.25, -0.2) is 0 Å². The van der Waals surface area contributed by atoms with Crippen molar-refractivity contribution in [3.05, 3.63) is 64.0 Å². The molecule has 0 amide bonds. The number of aryl methyl sites for hydroxylation is 1. The summed E-state index contributed by atoms with van der Waals surface area (Å²) >= 11 is 0. The molecule has 128 valence electrons. The molecule has 0 N–H and O–H groups in total. The minimum absolute atomic E-state index is 0.0313. The zero-order valence-electron chi connectivity index (χ0n) is 13.6. The molecular weight excluding hydrogens is 326 g/mol. The number of nitrogens with zero attached hydrogens (tertiary/aromatic N) is 3. The van der Waals surface area contributed by atoms with Crippen LogP contribution < -0.4 is 9.47 Å². The highest BCUT2D eigenvalue weighted by Crippen LogP contribution is 2.31. The first-order valence-corrected chi connectivity index (χ1v) is 7.42. The van der Waals surface area contributed by atoms with Gasteiger partial charge in [0.2, 0.25) is 5.82 Å². The Labute approximate surface area is 143 Å². The van der Waals surface area contributed by atoms with Gasteiger partial charge in [-0.3, -0.25) is 10.1 Å². The monoisotopic (exact) mass is 341 g/mol. The first-order chi connectivity index (χ1) is 12.1. The van der Waals surface area contributed by atoms with Crippen LogP contribution in [-0.4, -0.2) is 22.2 Å². The zero-order chi connectivity index (χ0) is 17.8. The van der Waals surface area contributed by atoms with E-state index >= 15 is 0 Å². The SMILES string of the molecule is COc1ccc([N+](=O)[O-])cc1OCc1nc(-c2ccccc2C)no1. The average Bonchev–Trinajstić information content (AvgIpc) is 3.08. The van der Waals surface area contributed by atoms with Gasteiger partial charge in [-0.1, -0.05) is 29.4 Å². The number of aromatic nitrogens is 2. The number of benzene rings is 2. The second-order valence-corrected chi connectivity index (χ2v) is 5.21. The van der Waals surface area contributed by atoms with Crippen molar-refractivity contribution >= 4 is 5.69 Å². The third-order valence-corrected chi connectivity index (χ3v) is 3.56. The van der Waals surface area contributed by atoms with Crippen LogP contribution in [0.3, 0.4) is 0 Å². The van der Waals surface area contributed by atoms with Crippen molar-refractivity contribution in [1.82, 2.24) is 10.1 Å². The van der Waals surface area contributed by atoms with Gasteiger partial charge in [-0.2, -0.15) is 4.98 Å². The molecule has 0 radical (unpaired) electrons. The lowest BCUT2D eigenvalue weighted by Crippen LogP contribution is -1.99. The van der Waals surface area contributed by atoms with Crippen molar-refractivity contribution in [3.8, 4) is 22.9 Å². The van der Waals surface area contributed by atoms with Gasteiger partial charge in [-0.15, -0.1) is 0 Å². The molecule has 0 atom stereocenters. The van der Waals surface area contributed by atoms with Crippen LogP contribution >= 0.6 is 0 Å². The van der Waals surface area contributed by atoms with E-state index in [2.05, 4.69) is 10.1 Å². The van der Waals surface area contributed by atoms with Crippen LogP contribution in [-0.2, 0) is 6.61 Å². The molecule has 0 aliphatic heterocycles. The molecule has 0 unspecified atom stereocenters. The molecule has 1 heterocycles. The summed E-state index contributed by atoms with van der Waals surface area (Å²) in [5.41, 5.74) is 1.79. The molecule has 0 spiro atoms. The minimum atomic E-state index is -0.505. The molecule has 0 aliphatic rings. The van der Waals surface area contributed by atoms with E-state index in [1.165, 1.54) is 25.3 Å². The maximum atomic E-state index is 10.9. The Morgan fingerprint density at radius 2 is 2.00 bits per heavy atom. The first-order valence-electron chi connectivity index (χ1n) is 7.42. The van der Waals surface area contributed by atoms with Crippen LogP contribution in [0.4, 0.5) is 5.69 Å². The predicted octanol–water partition coefficient (Wildman–Crippen LogP) is 3.54. The zero-order valence-corrected chi connectivity index (χ0v) is 13.6. The maximum absolute atomic E-state index is 10.9. The van der Waals surface area contributed by atoms with E-state index in [0.29, 0.717) is 11.6 Å². The molecule has 1 aromatic heterocycles. The second-order valence-electron chi connectivity index (χ2n) is 5.21. The number of nitro benzene ring substituents is 1. The highest BCUT2D eigenvalue weighted by atomic mass is 16.6. The average molecular weight is 341 g/mol. The summed E-state index contributed by atoms with van der Waals surface area (Å²) in [6.45, 7) is 1.92. The van der Waals surface area contributed by atoms with Gasteiger partial charge in [0.25, 0.3) is 11.6 Å². The number of ether oxygens (including phenoxy) is 2. The van der Waals surface area contributed by atoms with Gasteiger partial charge in [0.1, 0.15) is 0 Å². The Hall–Kier alpha value is -3.42. The van der Waals surface area contributed by atoms with Gasteiger partial charge in [0, 0.05) is 11.6 Å². The molecule has 8 heteroatoms. The summed E-state index contributed by atoms with van der Waals surface area (Å²) in [5.74, 6) is 1.33. The summed E-state index contributed by atoms with van der Waals surface area (Å²) in [5, 5.41) is 14.8. The van der Waals surface area contributed by atoms with Crippen molar-refractivity contribution in [2.75, 3.05) is 7.11 Å². The standard InChI is InChI=1S/C17H15N3O5/c1-11-5-3-4-6-13(11)17-18-16(25-19-17)10-24-15-9-12(20(21)22)7-8-14(15)23-2/h3-9H,10H2,1-2H3. The minimum Gasteiger partial charge on any atom is -0.493 e. The molecule has 0 fully saturated rings. The largest absolute Gasteiger partial charge is 0.493 e. The fourth-order valence-electron chi connectivity index (χ4n) is 2.28. The molecule has 8 nitrogen and oxygen atoms in total. The highest BCUT2D eigenvalue weighted by molar-refractivity contribution is 5.58. The Kier molecular flexibility index (Phi) is 4.60. The van der Waals surface area contributed by atoms with Crippen LogP contribution in [0.5, 0.6) is 11.5 Å². The van der Waals surface area contributed by atoms with Crippen molar-refractivity contribution in [1.29, 1.82) is 0 Å². The van der Waals surface area contributed by atoms with Gasteiger partial charge in [-0.05, 0) is 18.6 Å². The number of methoxy groups -OCH3 is 1. The lowest BCUT2D eigenvalue weighted by atomic mass is 10.1. The van der Waals surface area contributed by atoms with E-state index in [4.69, 9.17) is 14.0 Å². The van der Waals surface area contributed by atoms with Gasteiger partial charge in [0.15, 0.2) is 18.1 Å². The Morgan fingerprint density at radius 3 is 2.72 bits per heavy atom. The smallest absolute Gasteiger partial charge is 0.273 e. The van der Waals surface area contributed by atoms with Crippen molar-refractivity contribution in [3.63, 3.8) is 0 Å². The second kappa shape index (κ2) is 7.00. The molecule has 0 saturated heterocycles. The van der Waals surface area contributed by atoms with Crippen LogP contribution in [0.1, 0.15) is 11.5 Å². The number of non-ortho nitro benzene ring substituents is 1. The third kappa shape index (κ3) is 3.57. The molecule has 0 aliphatic carbocycles.